The number of rotatable bonds is 5. The summed E-state index contributed by atoms with van der Waals surface area (Å²) in [4.78, 5) is 2.34. The van der Waals surface area contributed by atoms with Gasteiger partial charge in [0.05, 0.1) is 25.4 Å². The fourth-order valence-corrected chi connectivity index (χ4v) is 1.90. The van der Waals surface area contributed by atoms with Gasteiger partial charge in [-0.1, -0.05) is 13.8 Å². The molecule has 0 unspecified atom stereocenters. The molecule has 0 aromatic heterocycles. The summed E-state index contributed by atoms with van der Waals surface area (Å²) in [5, 5.41) is 9.65. The average molecular weight is 187 g/mol. The molecule has 1 fully saturated rings. The summed E-state index contributed by atoms with van der Waals surface area (Å²) in [6.45, 7) is 7.68. The van der Waals surface area contributed by atoms with Crippen molar-refractivity contribution in [1.82, 2.24) is 4.90 Å². The molecule has 0 bridgehead atoms. The van der Waals surface area contributed by atoms with Crippen molar-refractivity contribution in [3.63, 3.8) is 0 Å². The Morgan fingerprint density at radius 2 is 1.85 bits per heavy atom. The smallest absolute Gasteiger partial charge is 0.0950 e. The molecule has 13 heavy (non-hydrogen) atoms. The summed E-state index contributed by atoms with van der Waals surface area (Å²) >= 11 is 0. The first-order valence-electron chi connectivity index (χ1n) is 5.29. The van der Waals surface area contributed by atoms with Crippen LogP contribution in [0.3, 0.4) is 0 Å². The van der Waals surface area contributed by atoms with Crippen LogP contribution in [0.1, 0.15) is 26.7 Å². The van der Waals surface area contributed by atoms with E-state index < -0.39 is 0 Å². The molecular formula is C10H21NO2. The summed E-state index contributed by atoms with van der Waals surface area (Å²) < 4.78 is 5.25. The van der Waals surface area contributed by atoms with Crippen molar-refractivity contribution in [3.05, 3.63) is 0 Å². The van der Waals surface area contributed by atoms with Crippen LogP contribution in [0.2, 0.25) is 0 Å². The van der Waals surface area contributed by atoms with Crippen LogP contribution in [0.5, 0.6) is 0 Å². The predicted octanol–water partition coefficient (Wildman–Crippen LogP) is 0.868. The Bertz CT molecular complexity index is 135. The molecule has 1 N–H and O–H groups in total. The first kappa shape index (κ1) is 11.0. The Hall–Kier alpha value is -0.120. The first-order valence-corrected chi connectivity index (χ1v) is 5.29. The Morgan fingerprint density at radius 1 is 1.23 bits per heavy atom. The number of hydrogen-bond donors (Lipinski definition) is 1. The molecule has 1 heterocycles. The van der Waals surface area contributed by atoms with E-state index in [-0.39, 0.29) is 12.1 Å². The molecule has 0 spiro atoms. The number of hydrogen-bond acceptors (Lipinski definition) is 3. The van der Waals surface area contributed by atoms with Crippen molar-refractivity contribution in [2.75, 3.05) is 26.3 Å². The summed E-state index contributed by atoms with van der Waals surface area (Å²) in [6.07, 6.45) is 2.00. The maximum atomic E-state index is 9.65. The van der Waals surface area contributed by atoms with Crippen molar-refractivity contribution < 1.29 is 9.84 Å². The van der Waals surface area contributed by atoms with E-state index in [4.69, 9.17) is 4.74 Å². The van der Waals surface area contributed by atoms with E-state index in [2.05, 4.69) is 18.7 Å². The van der Waals surface area contributed by atoms with Gasteiger partial charge in [-0.3, -0.25) is 4.90 Å². The Kier molecular flexibility index (Phi) is 4.70. The molecule has 1 aliphatic rings. The Balaban J connectivity index is 2.42. The van der Waals surface area contributed by atoms with Gasteiger partial charge in [0.15, 0.2) is 0 Å². The van der Waals surface area contributed by atoms with Gasteiger partial charge in [-0.05, 0) is 25.9 Å². The van der Waals surface area contributed by atoms with Crippen molar-refractivity contribution in [1.29, 1.82) is 0 Å². The molecule has 1 rings (SSSR count). The Labute approximate surface area is 80.7 Å². The quantitative estimate of drug-likeness (QED) is 0.693. The SMILES string of the molecule is CCCN(CCC)[C@@H]1COC[C@H]1O. The number of aliphatic hydroxyl groups is 1. The van der Waals surface area contributed by atoms with E-state index in [1.54, 1.807) is 0 Å². The minimum Gasteiger partial charge on any atom is -0.389 e. The number of nitrogens with zero attached hydrogens (tertiary/aromatic N) is 1. The van der Waals surface area contributed by atoms with E-state index in [1.807, 2.05) is 0 Å². The highest BCUT2D eigenvalue weighted by molar-refractivity contribution is 4.83. The average Bonchev–Trinajstić information content (AvgIpc) is 2.51. The largest absolute Gasteiger partial charge is 0.389 e. The van der Waals surface area contributed by atoms with Crippen LogP contribution in [0.4, 0.5) is 0 Å². The molecule has 1 saturated heterocycles. The summed E-state index contributed by atoms with van der Waals surface area (Å²) in [6, 6.07) is 0.236. The molecule has 0 aliphatic carbocycles. The lowest BCUT2D eigenvalue weighted by Crippen LogP contribution is -2.43. The standard InChI is InChI=1S/C10H21NO2/c1-3-5-11(6-4-2)9-7-13-8-10(9)12/h9-10,12H,3-8H2,1-2H3/t9-,10-/m1/s1. The molecule has 3 heteroatoms. The van der Waals surface area contributed by atoms with Crippen LogP contribution >= 0.6 is 0 Å². The van der Waals surface area contributed by atoms with Gasteiger partial charge >= 0.3 is 0 Å². The third kappa shape index (κ3) is 2.93. The molecule has 0 saturated carbocycles. The molecule has 0 amide bonds. The highest BCUT2D eigenvalue weighted by Gasteiger charge is 2.30. The van der Waals surface area contributed by atoms with Crippen LogP contribution < -0.4 is 0 Å². The lowest BCUT2D eigenvalue weighted by Gasteiger charge is -2.28. The van der Waals surface area contributed by atoms with Crippen molar-refractivity contribution in [2.24, 2.45) is 0 Å². The van der Waals surface area contributed by atoms with E-state index in [0.717, 1.165) is 25.9 Å². The number of ether oxygens (including phenoxy) is 1. The second-order valence-electron chi connectivity index (χ2n) is 3.71. The summed E-state index contributed by atoms with van der Waals surface area (Å²) in [5.41, 5.74) is 0. The van der Waals surface area contributed by atoms with Crippen molar-refractivity contribution >= 4 is 0 Å². The van der Waals surface area contributed by atoms with Gasteiger partial charge in [-0.15, -0.1) is 0 Å². The van der Waals surface area contributed by atoms with Gasteiger partial charge < -0.3 is 9.84 Å². The molecule has 0 aromatic carbocycles. The molecule has 78 valence electrons. The minimum atomic E-state index is -0.280. The topological polar surface area (TPSA) is 32.7 Å². The van der Waals surface area contributed by atoms with Gasteiger partial charge in [-0.25, -0.2) is 0 Å². The van der Waals surface area contributed by atoms with Crippen molar-refractivity contribution in [2.45, 2.75) is 38.8 Å². The van der Waals surface area contributed by atoms with Gasteiger partial charge in [0, 0.05) is 0 Å². The molecular weight excluding hydrogens is 166 g/mol. The zero-order chi connectivity index (χ0) is 9.68. The van der Waals surface area contributed by atoms with Gasteiger partial charge in [0.25, 0.3) is 0 Å². The monoisotopic (exact) mass is 187 g/mol. The Morgan fingerprint density at radius 3 is 2.23 bits per heavy atom. The zero-order valence-corrected chi connectivity index (χ0v) is 8.70. The second-order valence-corrected chi connectivity index (χ2v) is 3.71. The normalized spacial score (nSPS) is 28.6. The highest BCUT2D eigenvalue weighted by atomic mass is 16.5. The fourth-order valence-electron chi connectivity index (χ4n) is 1.90. The first-order chi connectivity index (χ1) is 6.29. The van der Waals surface area contributed by atoms with Crippen LogP contribution in [0.15, 0.2) is 0 Å². The molecule has 0 radical (unpaired) electrons. The molecule has 3 nitrogen and oxygen atoms in total. The van der Waals surface area contributed by atoms with Crippen LogP contribution in [0.25, 0.3) is 0 Å². The minimum absolute atomic E-state index is 0.236. The lowest BCUT2D eigenvalue weighted by atomic mass is 10.1. The third-order valence-electron chi connectivity index (χ3n) is 2.51. The van der Waals surface area contributed by atoms with Crippen LogP contribution in [-0.2, 0) is 4.74 Å². The molecule has 2 atom stereocenters. The second kappa shape index (κ2) is 5.58. The van der Waals surface area contributed by atoms with Gasteiger partial charge in [-0.2, -0.15) is 0 Å². The lowest BCUT2D eigenvalue weighted by molar-refractivity contribution is 0.0818. The maximum Gasteiger partial charge on any atom is 0.0950 e. The van der Waals surface area contributed by atoms with Gasteiger partial charge in [0.2, 0.25) is 0 Å². The highest BCUT2D eigenvalue weighted by Crippen LogP contribution is 2.13. The summed E-state index contributed by atoms with van der Waals surface area (Å²) in [5.74, 6) is 0. The van der Waals surface area contributed by atoms with Gasteiger partial charge in [0.1, 0.15) is 0 Å². The maximum absolute atomic E-state index is 9.65. The third-order valence-corrected chi connectivity index (χ3v) is 2.51. The van der Waals surface area contributed by atoms with E-state index in [9.17, 15) is 5.11 Å². The van der Waals surface area contributed by atoms with Crippen molar-refractivity contribution in [3.8, 4) is 0 Å². The summed E-state index contributed by atoms with van der Waals surface area (Å²) in [7, 11) is 0. The zero-order valence-electron chi connectivity index (χ0n) is 8.70. The molecule has 0 aromatic rings. The molecule has 1 aliphatic heterocycles. The van der Waals surface area contributed by atoms with E-state index in [1.165, 1.54) is 0 Å². The van der Waals surface area contributed by atoms with Crippen LogP contribution in [0, 0.1) is 0 Å². The van der Waals surface area contributed by atoms with E-state index >= 15 is 0 Å². The van der Waals surface area contributed by atoms with E-state index in [0.29, 0.717) is 13.2 Å². The fraction of sp³-hybridized carbons (Fsp3) is 1.00. The predicted molar refractivity (Wildman–Crippen MR) is 52.8 cm³/mol. The number of aliphatic hydroxyl groups excluding tert-OH is 1. The van der Waals surface area contributed by atoms with Crippen LogP contribution in [-0.4, -0.2) is 48.5 Å².